The minimum Gasteiger partial charge on any atom is -0.353 e. The quantitative estimate of drug-likeness (QED) is 0.607. The molecule has 1 aromatic carbocycles. The summed E-state index contributed by atoms with van der Waals surface area (Å²) in [7, 11) is 0. The van der Waals surface area contributed by atoms with E-state index in [2.05, 4.69) is 29.6 Å². The molecule has 26 heavy (non-hydrogen) atoms. The topological polar surface area (TPSA) is 42.0 Å². The standard InChI is InChI=1S/C22H28N2OS/c25-21(23-16-9-3-1-2-4-10-16)15-26-22-17-11-5-7-13-19(17)24-20-14-8-6-12-18(20)22/h5,7,11,13,16H,1-4,6,8-10,12,14-15H2,(H,23,25). The number of hydrogen-bond acceptors (Lipinski definition) is 3. The van der Waals surface area contributed by atoms with Crippen LogP contribution in [0.1, 0.15) is 62.6 Å². The van der Waals surface area contributed by atoms with Crippen LogP contribution in [-0.4, -0.2) is 22.7 Å². The van der Waals surface area contributed by atoms with Gasteiger partial charge in [0.05, 0.1) is 11.3 Å². The number of rotatable bonds is 4. The molecule has 1 heterocycles. The second kappa shape index (κ2) is 8.43. The van der Waals surface area contributed by atoms with Gasteiger partial charge in [0, 0.05) is 22.0 Å². The summed E-state index contributed by atoms with van der Waals surface area (Å²) in [5, 5.41) is 4.49. The Labute approximate surface area is 160 Å². The van der Waals surface area contributed by atoms with Crippen molar-refractivity contribution in [3.05, 3.63) is 35.5 Å². The fourth-order valence-corrected chi connectivity index (χ4v) is 5.41. The van der Waals surface area contributed by atoms with E-state index in [1.54, 1.807) is 11.8 Å². The predicted molar refractivity (Wildman–Crippen MR) is 109 cm³/mol. The third kappa shape index (κ3) is 4.06. The van der Waals surface area contributed by atoms with Crippen LogP contribution < -0.4 is 5.32 Å². The number of pyridine rings is 1. The Balaban J connectivity index is 1.50. The highest BCUT2D eigenvalue weighted by molar-refractivity contribution is 8.00. The smallest absolute Gasteiger partial charge is 0.230 e. The lowest BCUT2D eigenvalue weighted by Crippen LogP contribution is -2.35. The molecule has 1 aromatic heterocycles. The maximum Gasteiger partial charge on any atom is 0.230 e. The summed E-state index contributed by atoms with van der Waals surface area (Å²) < 4.78 is 0. The molecule has 2 aliphatic carbocycles. The number of nitrogens with one attached hydrogen (secondary N) is 1. The second-order valence-corrected chi connectivity index (χ2v) is 8.62. The van der Waals surface area contributed by atoms with Crippen LogP contribution in [0.4, 0.5) is 0 Å². The van der Waals surface area contributed by atoms with Crippen molar-refractivity contribution in [1.29, 1.82) is 0 Å². The SMILES string of the molecule is O=C(CSc1c2c(nc3ccccc13)CCCC2)NC1CCCCCC1. The number of para-hydroxylation sites is 1. The van der Waals surface area contributed by atoms with E-state index in [1.807, 2.05) is 0 Å². The van der Waals surface area contributed by atoms with Gasteiger partial charge in [-0.25, -0.2) is 0 Å². The molecule has 4 heteroatoms. The maximum atomic E-state index is 12.6. The van der Waals surface area contributed by atoms with Gasteiger partial charge in [0.25, 0.3) is 0 Å². The molecule has 3 nitrogen and oxygen atoms in total. The molecular weight excluding hydrogens is 340 g/mol. The highest BCUT2D eigenvalue weighted by Gasteiger charge is 2.20. The summed E-state index contributed by atoms with van der Waals surface area (Å²) in [5.41, 5.74) is 3.71. The first-order chi connectivity index (χ1) is 12.8. The van der Waals surface area contributed by atoms with Crippen molar-refractivity contribution < 1.29 is 4.79 Å². The van der Waals surface area contributed by atoms with Crippen LogP contribution in [0.25, 0.3) is 10.9 Å². The molecule has 1 fully saturated rings. The van der Waals surface area contributed by atoms with E-state index < -0.39 is 0 Å². The minimum atomic E-state index is 0.187. The maximum absolute atomic E-state index is 12.6. The van der Waals surface area contributed by atoms with Gasteiger partial charge in [0.15, 0.2) is 0 Å². The highest BCUT2D eigenvalue weighted by atomic mass is 32.2. The summed E-state index contributed by atoms with van der Waals surface area (Å²) in [6, 6.07) is 8.77. The molecule has 0 saturated heterocycles. The van der Waals surface area contributed by atoms with Gasteiger partial charge in [0.2, 0.25) is 5.91 Å². The Morgan fingerprint density at radius 1 is 1.04 bits per heavy atom. The van der Waals surface area contributed by atoms with Crippen molar-refractivity contribution in [3.63, 3.8) is 0 Å². The molecule has 138 valence electrons. The molecule has 1 amide bonds. The van der Waals surface area contributed by atoms with Crippen LogP contribution in [0.3, 0.4) is 0 Å². The zero-order valence-corrected chi connectivity index (χ0v) is 16.2. The predicted octanol–water partition coefficient (Wildman–Crippen LogP) is 5.04. The van der Waals surface area contributed by atoms with E-state index in [-0.39, 0.29) is 5.91 Å². The summed E-state index contributed by atoms with van der Waals surface area (Å²) in [4.78, 5) is 18.7. The van der Waals surface area contributed by atoms with Crippen LogP contribution in [0.5, 0.6) is 0 Å². The average Bonchev–Trinajstić information content (AvgIpc) is 2.93. The van der Waals surface area contributed by atoms with E-state index in [9.17, 15) is 4.79 Å². The van der Waals surface area contributed by atoms with Gasteiger partial charge >= 0.3 is 0 Å². The summed E-state index contributed by atoms with van der Waals surface area (Å²) >= 11 is 1.71. The van der Waals surface area contributed by atoms with Gasteiger partial charge in [-0.1, -0.05) is 43.9 Å². The monoisotopic (exact) mass is 368 g/mol. The Morgan fingerprint density at radius 3 is 2.65 bits per heavy atom. The fraction of sp³-hybridized carbons (Fsp3) is 0.545. The third-order valence-electron chi connectivity index (χ3n) is 5.68. The minimum absolute atomic E-state index is 0.187. The Bertz CT molecular complexity index is 781. The molecule has 0 radical (unpaired) electrons. The van der Waals surface area contributed by atoms with E-state index in [0.717, 1.165) is 31.2 Å². The van der Waals surface area contributed by atoms with E-state index in [0.29, 0.717) is 11.8 Å². The molecule has 0 unspecified atom stereocenters. The fourth-order valence-electron chi connectivity index (χ4n) is 4.32. The highest BCUT2D eigenvalue weighted by Crippen LogP contribution is 2.35. The number of carbonyl (C=O) groups is 1. The first-order valence-corrected chi connectivity index (χ1v) is 11.1. The molecule has 0 atom stereocenters. The third-order valence-corrected chi connectivity index (χ3v) is 6.85. The van der Waals surface area contributed by atoms with Crippen molar-refractivity contribution in [2.45, 2.75) is 75.1 Å². The van der Waals surface area contributed by atoms with Crippen molar-refractivity contribution >= 4 is 28.6 Å². The molecule has 2 aliphatic rings. The van der Waals surface area contributed by atoms with Gasteiger partial charge in [-0.2, -0.15) is 0 Å². The number of hydrogen-bond donors (Lipinski definition) is 1. The number of thioether (sulfide) groups is 1. The molecular formula is C22H28N2OS. The molecule has 1 N–H and O–H groups in total. The van der Waals surface area contributed by atoms with Crippen molar-refractivity contribution in [2.75, 3.05) is 5.75 Å². The van der Waals surface area contributed by atoms with Gasteiger partial charge in [0.1, 0.15) is 0 Å². The molecule has 4 rings (SSSR count). The first-order valence-electron chi connectivity index (χ1n) is 10.1. The largest absolute Gasteiger partial charge is 0.353 e. The van der Waals surface area contributed by atoms with Gasteiger partial charge in [-0.05, 0) is 50.2 Å². The zero-order chi connectivity index (χ0) is 17.8. The average molecular weight is 369 g/mol. The van der Waals surface area contributed by atoms with E-state index in [4.69, 9.17) is 4.98 Å². The normalized spacial score (nSPS) is 18.3. The first kappa shape index (κ1) is 17.8. The summed E-state index contributed by atoms with van der Waals surface area (Å²) in [5.74, 6) is 0.698. The Kier molecular flexibility index (Phi) is 5.78. The van der Waals surface area contributed by atoms with Crippen LogP contribution in [-0.2, 0) is 17.6 Å². The lowest BCUT2D eigenvalue weighted by molar-refractivity contribution is -0.119. The van der Waals surface area contributed by atoms with Crippen molar-refractivity contribution in [2.24, 2.45) is 0 Å². The van der Waals surface area contributed by atoms with Gasteiger partial charge in [-0.3, -0.25) is 9.78 Å². The van der Waals surface area contributed by atoms with Crippen LogP contribution in [0.15, 0.2) is 29.2 Å². The Hall–Kier alpha value is -1.55. The summed E-state index contributed by atoms with van der Waals surface area (Å²) in [6.07, 6.45) is 12.0. The van der Waals surface area contributed by atoms with Crippen LogP contribution in [0.2, 0.25) is 0 Å². The van der Waals surface area contributed by atoms with Crippen LogP contribution >= 0.6 is 11.8 Å². The van der Waals surface area contributed by atoms with Crippen LogP contribution in [0, 0.1) is 0 Å². The molecule has 2 aromatic rings. The second-order valence-electron chi connectivity index (χ2n) is 7.64. The number of benzene rings is 1. The summed E-state index contributed by atoms with van der Waals surface area (Å²) in [6.45, 7) is 0. The number of aromatic nitrogens is 1. The van der Waals surface area contributed by atoms with Gasteiger partial charge in [-0.15, -0.1) is 11.8 Å². The van der Waals surface area contributed by atoms with Crippen molar-refractivity contribution in [1.82, 2.24) is 10.3 Å². The van der Waals surface area contributed by atoms with E-state index in [1.165, 1.54) is 60.1 Å². The number of carbonyl (C=O) groups excluding carboxylic acids is 1. The van der Waals surface area contributed by atoms with Crippen molar-refractivity contribution in [3.8, 4) is 0 Å². The molecule has 0 bridgehead atoms. The lowest BCUT2D eigenvalue weighted by atomic mass is 9.94. The number of aryl methyl sites for hydroxylation is 1. The van der Waals surface area contributed by atoms with Gasteiger partial charge < -0.3 is 5.32 Å². The zero-order valence-electron chi connectivity index (χ0n) is 15.4. The molecule has 1 saturated carbocycles. The Morgan fingerprint density at radius 2 is 1.81 bits per heavy atom. The number of fused-ring (bicyclic) bond motifs is 2. The number of amides is 1. The number of nitrogens with zero attached hydrogens (tertiary/aromatic N) is 1. The lowest BCUT2D eigenvalue weighted by Gasteiger charge is -2.21. The molecule has 0 spiro atoms. The van der Waals surface area contributed by atoms with E-state index >= 15 is 0 Å². The molecule has 0 aliphatic heterocycles.